The molecule has 2 atom stereocenters. The molecular weight excluding hydrogens is 232 g/mol. The van der Waals surface area contributed by atoms with Gasteiger partial charge < -0.3 is 5.32 Å². The molecule has 0 spiro atoms. The Morgan fingerprint density at radius 3 is 2.56 bits per heavy atom. The van der Waals surface area contributed by atoms with E-state index < -0.39 is 11.6 Å². The van der Waals surface area contributed by atoms with E-state index in [-0.39, 0.29) is 17.5 Å². The van der Waals surface area contributed by atoms with Crippen molar-refractivity contribution in [3.05, 3.63) is 34.9 Å². The highest BCUT2D eigenvalue weighted by Crippen LogP contribution is 2.43. The zero-order valence-corrected chi connectivity index (χ0v) is 11.3. The molecule has 100 valence electrons. The molecule has 1 nitrogen and oxygen atoms in total. The van der Waals surface area contributed by atoms with Crippen LogP contribution in [-0.4, -0.2) is 6.54 Å². The third kappa shape index (κ3) is 2.56. The summed E-state index contributed by atoms with van der Waals surface area (Å²) in [6.07, 6.45) is 2.36. The third-order valence-electron chi connectivity index (χ3n) is 3.95. The minimum absolute atomic E-state index is 0.219. The Bertz CT molecular complexity index is 427. The largest absolute Gasteiger partial charge is 0.310 e. The third-order valence-corrected chi connectivity index (χ3v) is 3.95. The average Bonchev–Trinajstić information content (AvgIpc) is 3.16. The molecule has 1 saturated carbocycles. The van der Waals surface area contributed by atoms with Crippen molar-refractivity contribution in [2.45, 2.75) is 39.7 Å². The van der Waals surface area contributed by atoms with Crippen LogP contribution in [0.3, 0.4) is 0 Å². The zero-order chi connectivity index (χ0) is 13.3. The molecule has 3 heteroatoms. The van der Waals surface area contributed by atoms with Gasteiger partial charge in [-0.05, 0) is 49.8 Å². The van der Waals surface area contributed by atoms with E-state index in [1.807, 2.05) is 6.92 Å². The van der Waals surface area contributed by atoms with Gasteiger partial charge >= 0.3 is 0 Å². The Morgan fingerprint density at radius 1 is 1.33 bits per heavy atom. The van der Waals surface area contributed by atoms with Gasteiger partial charge in [-0.3, -0.25) is 0 Å². The van der Waals surface area contributed by atoms with E-state index in [2.05, 4.69) is 12.2 Å². The molecule has 0 amide bonds. The van der Waals surface area contributed by atoms with E-state index >= 15 is 0 Å². The van der Waals surface area contributed by atoms with Gasteiger partial charge in [-0.2, -0.15) is 0 Å². The van der Waals surface area contributed by atoms with E-state index in [1.165, 1.54) is 25.0 Å². The summed E-state index contributed by atoms with van der Waals surface area (Å²) < 4.78 is 28.2. The van der Waals surface area contributed by atoms with E-state index in [1.54, 1.807) is 6.92 Å². The number of aryl methyl sites for hydroxylation is 1. The number of benzene rings is 1. The minimum Gasteiger partial charge on any atom is -0.310 e. The minimum atomic E-state index is -0.434. The number of hydrogen-bond donors (Lipinski definition) is 1. The molecule has 0 radical (unpaired) electrons. The van der Waals surface area contributed by atoms with Crippen LogP contribution in [0.15, 0.2) is 12.1 Å². The summed E-state index contributed by atoms with van der Waals surface area (Å²) in [6.45, 7) is 6.46. The maximum Gasteiger partial charge on any atom is 0.133 e. The predicted molar refractivity (Wildman–Crippen MR) is 69.4 cm³/mol. The highest BCUT2D eigenvalue weighted by Gasteiger charge is 2.36. The lowest BCUT2D eigenvalue weighted by molar-refractivity contribution is 0.334. The van der Waals surface area contributed by atoms with Crippen LogP contribution in [0.2, 0.25) is 0 Å². The molecule has 0 saturated heterocycles. The monoisotopic (exact) mass is 253 g/mol. The lowest BCUT2D eigenvalue weighted by atomic mass is 9.89. The van der Waals surface area contributed by atoms with Crippen molar-refractivity contribution in [3.8, 4) is 0 Å². The standard InChI is InChI=1S/C15H21F2N/c1-4-18-15(10(3)11-6-7-11)13-12(16)8-5-9(2)14(13)17/h5,8,10-11,15,18H,4,6-7H2,1-3H3. The van der Waals surface area contributed by atoms with Gasteiger partial charge in [-0.1, -0.05) is 19.9 Å². The summed E-state index contributed by atoms with van der Waals surface area (Å²) in [4.78, 5) is 0. The first-order valence-electron chi connectivity index (χ1n) is 6.74. The van der Waals surface area contributed by atoms with Crippen molar-refractivity contribution in [2.24, 2.45) is 11.8 Å². The quantitative estimate of drug-likeness (QED) is 0.837. The van der Waals surface area contributed by atoms with Crippen LogP contribution in [0.25, 0.3) is 0 Å². The van der Waals surface area contributed by atoms with Gasteiger partial charge in [0, 0.05) is 11.6 Å². The van der Waals surface area contributed by atoms with Crippen LogP contribution in [0.5, 0.6) is 0 Å². The van der Waals surface area contributed by atoms with Gasteiger partial charge in [0.15, 0.2) is 0 Å². The summed E-state index contributed by atoms with van der Waals surface area (Å²) in [5, 5.41) is 3.25. The summed E-state index contributed by atoms with van der Waals surface area (Å²) in [5.41, 5.74) is 0.730. The highest BCUT2D eigenvalue weighted by molar-refractivity contribution is 5.30. The SMILES string of the molecule is CCNC(c1c(F)ccc(C)c1F)C(C)C1CC1. The van der Waals surface area contributed by atoms with Gasteiger partial charge in [0.1, 0.15) is 11.6 Å². The van der Waals surface area contributed by atoms with Crippen LogP contribution < -0.4 is 5.32 Å². The van der Waals surface area contributed by atoms with Gasteiger partial charge in [0.2, 0.25) is 0 Å². The van der Waals surface area contributed by atoms with E-state index in [4.69, 9.17) is 0 Å². The van der Waals surface area contributed by atoms with Crippen molar-refractivity contribution in [2.75, 3.05) is 6.54 Å². The molecule has 2 rings (SSSR count). The van der Waals surface area contributed by atoms with Crippen molar-refractivity contribution in [1.82, 2.24) is 5.32 Å². The highest BCUT2D eigenvalue weighted by atomic mass is 19.1. The molecule has 1 aliphatic carbocycles. The Kier molecular flexibility index (Phi) is 4.00. The van der Waals surface area contributed by atoms with Gasteiger partial charge in [-0.15, -0.1) is 0 Å². The summed E-state index contributed by atoms with van der Waals surface area (Å²) in [7, 11) is 0. The topological polar surface area (TPSA) is 12.0 Å². The molecule has 1 fully saturated rings. The van der Waals surface area contributed by atoms with Gasteiger partial charge in [0.05, 0.1) is 0 Å². The molecule has 18 heavy (non-hydrogen) atoms. The van der Waals surface area contributed by atoms with Crippen molar-refractivity contribution < 1.29 is 8.78 Å². The maximum atomic E-state index is 14.2. The van der Waals surface area contributed by atoms with Crippen LogP contribution in [-0.2, 0) is 0 Å². The molecule has 1 aromatic carbocycles. The van der Waals surface area contributed by atoms with Gasteiger partial charge in [0.25, 0.3) is 0 Å². The van der Waals surface area contributed by atoms with Crippen molar-refractivity contribution in [3.63, 3.8) is 0 Å². The summed E-state index contributed by atoms with van der Waals surface area (Å²) >= 11 is 0. The first-order chi connectivity index (χ1) is 8.56. The number of halogens is 2. The van der Waals surface area contributed by atoms with Gasteiger partial charge in [-0.25, -0.2) is 8.78 Å². The smallest absolute Gasteiger partial charge is 0.133 e. The average molecular weight is 253 g/mol. The normalized spacial score (nSPS) is 18.7. The molecule has 0 aromatic heterocycles. The van der Waals surface area contributed by atoms with Crippen LogP contribution in [0.4, 0.5) is 8.78 Å². The Hall–Kier alpha value is -0.960. The second-order valence-corrected chi connectivity index (χ2v) is 5.32. The van der Waals surface area contributed by atoms with Crippen molar-refractivity contribution in [1.29, 1.82) is 0 Å². The first-order valence-corrected chi connectivity index (χ1v) is 6.74. The van der Waals surface area contributed by atoms with E-state index in [0.717, 1.165) is 0 Å². The molecule has 1 aromatic rings. The zero-order valence-electron chi connectivity index (χ0n) is 11.3. The van der Waals surface area contributed by atoms with Crippen LogP contribution >= 0.6 is 0 Å². The van der Waals surface area contributed by atoms with Crippen molar-refractivity contribution >= 4 is 0 Å². The maximum absolute atomic E-state index is 14.2. The van der Waals surface area contributed by atoms with E-state index in [9.17, 15) is 8.78 Å². The molecule has 1 aliphatic rings. The molecular formula is C15H21F2N. The molecule has 0 bridgehead atoms. The molecule has 0 aliphatic heterocycles. The number of rotatable bonds is 5. The lowest BCUT2D eigenvalue weighted by Crippen LogP contribution is -2.30. The summed E-state index contributed by atoms with van der Waals surface area (Å²) in [6, 6.07) is 2.65. The molecule has 1 N–H and O–H groups in total. The predicted octanol–water partition coefficient (Wildman–Crippen LogP) is 3.97. The van der Waals surface area contributed by atoms with Crippen LogP contribution in [0.1, 0.15) is 43.9 Å². The summed E-state index contributed by atoms with van der Waals surface area (Å²) in [5.74, 6) is 0.0501. The molecule has 2 unspecified atom stereocenters. The Balaban J connectivity index is 2.37. The fraction of sp³-hybridized carbons (Fsp3) is 0.600. The molecule has 0 heterocycles. The number of nitrogens with one attached hydrogen (secondary N) is 1. The Labute approximate surface area is 108 Å². The fourth-order valence-electron chi connectivity index (χ4n) is 2.63. The second kappa shape index (κ2) is 5.35. The fourth-order valence-corrected chi connectivity index (χ4v) is 2.63. The number of hydrogen-bond acceptors (Lipinski definition) is 1. The second-order valence-electron chi connectivity index (χ2n) is 5.32. The van der Waals surface area contributed by atoms with E-state index in [0.29, 0.717) is 18.0 Å². The lowest BCUT2D eigenvalue weighted by Gasteiger charge is -2.26. The van der Waals surface area contributed by atoms with Crippen LogP contribution in [0, 0.1) is 30.4 Å². The Morgan fingerprint density at radius 2 is 2.00 bits per heavy atom. The first kappa shape index (κ1) is 13.5.